The Bertz CT molecular complexity index is 383. The van der Waals surface area contributed by atoms with E-state index in [2.05, 4.69) is 64.0 Å². The molecule has 1 saturated heterocycles. The van der Waals surface area contributed by atoms with Gasteiger partial charge in [0.25, 0.3) is 0 Å². The van der Waals surface area contributed by atoms with Crippen LogP contribution in [0.1, 0.15) is 26.5 Å². The fourth-order valence-electron chi connectivity index (χ4n) is 2.50. The Labute approximate surface area is 118 Å². The van der Waals surface area contributed by atoms with Crippen LogP contribution in [0.2, 0.25) is 0 Å². The molecular formula is C14H22BrN3. The van der Waals surface area contributed by atoms with E-state index in [4.69, 9.17) is 0 Å². The van der Waals surface area contributed by atoms with Crippen LogP contribution in [-0.2, 0) is 6.54 Å². The second-order valence-electron chi connectivity index (χ2n) is 6.02. The van der Waals surface area contributed by atoms with Gasteiger partial charge in [-0.25, -0.2) is 0 Å². The van der Waals surface area contributed by atoms with E-state index in [1.807, 2.05) is 6.20 Å². The molecule has 3 nitrogen and oxygen atoms in total. The highest BCUT2D eigenvalue weighted by Crippen LogP contribution is 2.26. The number of hydrogen-bond acceptors (Lipinski definition) is 3. The van der Waals surface area contributed by atoms with Gasteiger partial charge in [0.1, 0.15) is 0 Å². The molecule has 0 aromatic carbocycles. The second kappa shape index (κ2) is 5.68. The summed E-state index contributed by atoms with van der Waals surface area (Å²) in [7, 11) is 0. The lowest BCUT2D eigenvalue weighted by molar-refractivity contribution is 0.0678. The molecule has 2 heterocycles. The summed E-state index contributed by atoms with van der Waals surface area (Å²) in [6.45, 7) is 11.1. The monoisotopic (exact) mass is 311 g/mol. The highest BCUT2D eigenvalue weighted by molar-refractivity contribution is 9.10. The number of piperazine rings is 1. The molecule has 1 fully saturated rings. The molecule has 18 heavy (non-hydrogen) atoms. The third kappa shape index (κ3) is 3.53. The minimum Gasteiger partial charge on any atom is -0.314 e. The van der Waals surface area contributed by atoms with E-state index in [1.54, 1.807) is 0 Å². The summed E-state index contributed by atoms with van der Waals surface area (Å²) in [6, 6.07) is 4.74. The van der Waals surface area contributed by atoms with Crippen molar-refractivity contribution in [3.05, 3.63) is 28.5 Å². The highest BCUT2D eigenvalue weighted by Gasteiger charge is 2.32. The van der Waals surface area contributed by atoms with Crippen LogP contribution in [0.3, 0.4) is 0 Å². The molecule has 1 aliphatic heterocycles. The number of hydrogen-bond donors (Lipinski definition) is 1. The molecule has 0 radical (unpaired) electrons. The zero-order valence-corrected chi connectivity index (χ0v) is 13.0. The molecule has 0 amide bonds. The highest BCUT2D eigenvalue weighted by atomic mass is 79.9. The molecule has 100 valence electrons. The number of nitrogens with zero attached hydrogens (tertiary/aromatic N) is 2. The fraction of sp³-hybridized carbons (Fsp3) is 0.643. The van der Waals surface area contributed by atoms with Gasteiger partial charge in [0.05, 0.1) is 5.69 Å². The number of pyridine rings is 1. The molecule has 0 spiro atoms. The maximum atomic E-state index is 4.48. The molecule has 0 bridgehead atoms. The third-order valence-corrected chi connectivity index (χ3v) is 3.98. The van der Waals surface area contributed by atoms with Gasteiger partial charge in [-0.2, -0.15) is 0 Å². The van der Waals surface area contributed by atoms with Crippen molar-refractivity contribution >= 4 is 15.9 Å². The topological polar surface area (TPSA) is 28.2 Å². The van der Waals surface area contributed by atoms with Crippen molar-refractivity contribution in [2.75, 3.05) is 19.6 Å². The molecule has 1 aromatic rings. The molecule has 1 unspecified atom stereocenters. The molecule has 0 aliphatic carbocycles. The maximum absolute atomic E-state index is 4.48. The van der Waals surface area contributed by atoms with Crippen LogP contribution in [0.15, 0.2) is 22.8 Å². The quantitative estimate of drug-likeness (QED) is 0.910. The Morgan fingerprint density at radius 3 is 2.83 bits per heavy atom. The van der Waals surface area contributed by atoms with Gasteiger partial charge in [-0.1, -0.05) is 20.8 Å². The summed E-state index contributed by atoms with van der Waals surface area (Å²) in [5.41, 5.74) is 1.44. The average molecular weight is 312 g/mol. The maximum Gasteiger partial charge on any atom is 0.0544 e. The van der Waals surface area contributed by atoms with E-state index in [-0.39, 0.29) is 0 Å². The Balaban J connectivity index is 2.08. The molecule has 1 N–H and O–H groups in total. The van der Waals surface area contributed by atoms with Crippen molar-refractivity contribution in [3.63, 3.8) is 0 Å². The lowest BCUT2D eigenvalue weighted by Gasteiger charge is -2.43. The average Bonchev–Trinajstić information content (AvgIpc) is 2.31. The normalized spacial score (nSPS) is 22.1. The predicted molar refractivity (Wildman–Crippen MR) is 78.5 cm³/mol. The number of rotatable bonds is 2. The Morgan fingerprint density at radius 2 is 2.22 bits per heavy atom. The zero-order chi connectivity index (χ0) is 13.2. The summed E-state index contributed by atoms with van der Waals surface area (Å²) in [4.78, 5) is 7.03. The van der Waals surface area contributed by atoms with Crippen LogP contribution >= 0.6 is 15.9 Å². The van der Waals surface area contributed by atoms with Crippen molar-refractivity contribution in [2.24, 2.45) is 5.41 Å². The van der Waals surface area contributed by atoms with E-state index in [1.165, 1.54) is 0 Å². The molecule has 1 atom stereocenters. The van der Waals surface area contributed by atoms with E-state index in [0.717, 1.165) is 36.3 Å². The molecule has 2 rings (SSSR count). The van der Waals surface area contributed by atoms with Gasteiger partial charge < -0.3 is 5.32 Å². The van der Waals surface area contributed by atoms with E-state index < -0.39 is 0 Å². The van der Waals surface area contributed by atoms with Gasteiger partial charge in [-0.05, 0) is 33.5 Å². The lowest BCUT2D eigenvalue weighted by atomic mass is 9.84. The van der Waals surface area contributed by atoms with Crippen molar-refractivity contribution < 1.29 is 0 Å². The third-order valence-electron chi connectivity index (χ3n) is 3.51. The largest absolute Gasteiger partial charge is 0.314 e. The molecule has 0 saturated carbocycles. The summed E-state index contributed by atoms with van der Waals surface area (Å²) in [5.74, 6) is 0. The Hall–Kier alpha value is -0.450. The van der Waals surface area contributed by atoms with Crippen LogP contribution in [0.4, 0.5) is 0 Å². The minimum absolute atomic E-state index is 0.294. The summed E-state index contributed by atoms with van der Waals surface area (Å²) >= 11 is 3.43. The van der Waals surface area contributed by atoms with Crippen LogP contribution in [0.5, 0.6) is 0 Å². The van der Waals surface area contributed by atoms with E-state index >= 15 is 0 Å². The van der Waals surface area contributed by atoms with E-state index in [0.29, 0.717) is 11.5 Å². The first-order valence-electron chi connectivity index (χ1n) is 6.52. The first kappa shape index (κ1) is 14.0. The summed E-state index contributed by atoms with van der Waals surface area (Å²) < 4.78 is 1.04. The first-order chi connectivity index (χ1) is 8.47. The van der Waals surface area contributed by atoms with E-state index in [9.17, 15) is 0 Å². The SMILES string of the molecule is CC(C)(C)C1CNCCN1Cc1ccc(Br)cn1. The van der Waals surface area contributed by atoms with Crippen LogP contribution in [-0.4, -0.2) is 35.6 Å². The van der Waals surface area contributed by atoms with Gasteiger partial charge in [0.15, 0.2) is 0 Å². The predicted octanol–water partition coefficient (Wildman–Crippen LogP) is 2.66. The standard InChI is InChI=1S/C14H22BrN3/c1-14(2,3)13-9-16-6-7-18(13)10-12-5-4-11(15)8-17-12/h4-5,8,13,16H,6-7,9-10H2,1-3H3. The molecule has 1 aliphatic rings. The number of nitrogens with one attached hydrogen (secondary N) is 1. The van der Waals surface area contributed by atoms with Crippen molar-refractivity contribution in [3.8, 4) is 0 Å². The van der Waals surface area contributed by atoms with Crippen LogP contribution < -0.4 is 5.32 Å². The molecule has 1 aromatic heterocycles. The van der Waals surface area contributed by atoms with Crippen LogP contribution in [0, 0.1) is 5.41 Å². The van der Waals surface area contributed by atoms with Crippen molar-refractivity contribution in [2.45, 2.75) is 33.4 Å². The summed E-state index contributed by atoms with van der Waals surface area (Å²) in [6.07, 6.45) is 1.88. The van der Waals surface area contributed by atoms with Crippen molar-refractivity contribution in [1.82, 2.24) is 15.2 Å². The second-order valence-corrected chi connectivity index (χ2v) is 6.94. The summed E-state index contributed by atoms with van der Waals surface area (Å²) in [5, 5.41) is 3.50. The molecular weight excluding hydrogens is 290 g/mol. The Morgan fingerprint density at radius 1 is 1.44 bits per heavy atom. The van der Waals surface area contributed by atoms with Gasteiger partial charge in [-0.15, -0.1) is 0 Å². The Kier molecular flexibility index (Phi) is 4.41. The smallest absolute Gasteiger partial charge is 0.0544 e. The van der Waals surface area contributed by atoms with Gasteiger partial charge >= 0.3 is 0 Å². The minimum atomic E-state index is 0.294. The zero-order valence-electron chi connectivity index (χ0n) is 11.4. The lowest BCUT2D eigenvalue weighted by Crippen LogP contribution is -2.56. The van der Waals surface area contributed by atoms with Crippen LogP contribution in [0.25, 0.3) is 0 Å². The fourth-order valence-corrected chi connectivity index (χ4v) is 2.73. The molecule has 4 heteroatoms. The van der Waals surface area contributed by atoms with Crippen molar-refractivity contribution in [1.29, 1.82) is 0 Å². The van der Waals surface area contributed by atoms with Gasteiger partial charge in [-0.3, -0.25) is 9.88 Å². The number of aromatic nitrogens is 1. The van der Waals surface area contributed by atoms with Gasteiger partial charge in [0, 0.05) is 42.9 Å². The number of halogens is 1. The van der Waals surface area contributed by atoms with Gasteiger partial charge in [0.2, 0.25) is 0 Å². The first-order valence-corrected chi connectivity index (χ1v) is 7.31.